The molecular weight excluding hydrogens is 758 g/mol. The minimum absolute atomic E-state index is 0. The lowest BCUT2D eigenvalue weighted by molar-refractivity contribution is -0.302. The highest BCUT2D eigenvalue weighted by Crippen LogP contribution is 2.39. The van der Waals surface area contributed by atoms with E-state index >= 15 is 0 Å². The van der Waals surface area contributed by atoms with E-state index < -0.39 is 77.8 Å². The van der Waals surface area contributed by atoms with Crippen molar-refractivity contribution >= 4 is 35.0 Å². The van der Waals surface area contributed by atoms with E-state index in [2.05, 4.69) is 6.92 Å². The number of ether oxygens (including phenoxy) is 5. The Hall–Kier alpha value is -2.23. The van der Waals surface area contributed by atoms with Crippen LogP contribution in [0.1, 0.15) is 112 Å². The summed E-state index contributed by atoms with van der Waals surface area (Å²) >= 11 is 6.52. The number of allylic oxidation sites excluding steroid dienone is 3. The predicted octanol–water partition coefficient (Wildman–Crippen LogP) is 4.89. The molecule has 1 amide bonds. The first-order valence-electron chi connectivity index (χ1n) is 20.7. The number of cyclic esters (lactones) is 1. The van der Waals surface area contributed by atoms with Crippen LogP contribution in [0.5, 0.6) is 0 Å². The summed E-state index contributed by atoms with van der Waals surface area (Å²) in [5.74, 6) is -7.31. The first-order chi connectivity index (χ1) is 26.5. The molecule has 1 saturated carbocycles. The van der Waals surface area contributed by atoms with Gasteiger partial charge in [0.05, 0.1) is 29.8 Å². The molecule has 0 aromatic carbocycles. The van der Waals surface area contributed by atoms with Crippen LogP contribution in [0.15, 0.2) is 23.3 Å². The molecule has 2 bridgehead atoms. The summed E-state index contributed by atoms with van der Waals surface area (Å²) in [7, 11) is 4.71. The number of esters is 1. The van der Waals surface area contributed by atoms with Crippen LogP contribution in [0.25, 0.3) is 0 Å². The molecule has 3 aliphatic heterocycles. The maximum absolute atomic E-state index is 14.3. The number of nitrogens with zero attached hydrogens (tertiary/aromatic N) is 1. The van der Waals surface area contributed by atoms with Gasteiger partial charge in [0.15, 0.2) is 0 Å². The predicted molar refractivity (Wildman–Crippen MR) is 215 cm³/mol. The molecule has 57 heavy (non-hydrogen) atoms. The smallest absolute Gasteiger partial charge is 0.329 e. The Morgan fingerprint density at radius 2 is 1.61 bits per heavy atom. The first-order valence-corrected chi connectivity index (χ1v) is 21.2. The highest BCUT2D eigenvalue weighted by atomic mass is 35.5. The van der Waals surface area contributed by atoms with Crippen LogP contribution in [0.4, 0.5) is 0 Å². The molecule has 3 fully saturated rings. The highest BCUT2D eigenvalue weighted by Gasteiger charge is 2.56. The number of methoxy groups -OCH3 is 3. The zero-order chi connectivity index (χ0) is 41.5. The minimum Gasteiger partial charge on any atom is -0.456 e. The molecule has 0 spiro atoms. The topological polar surface area (TPSA) is 190 Å². The van der Waals surface area contributed by atoms with Crippen molar-refractivity contribution in [2.75, 3.05) is 27.9 Å². The van der Waals surface area contributed by atoms with Gasteiger partial charge in [0.2, 0.25) is 5.79 Å². The molecule has 14 heteroatoms. The second kappa shape index (κ2) is 21.9. The Morgan fingerprint density at radius 3 is 2.25 bits per heavy atom. The Morgan fingerprint density at radius 1 is 0.965 bits per heavy atom. The number of hydrogen-bond donors (Lipinski definition) is 2. The summed E-state index contributed by atoms with van der Waals surface area (Å²) in [5, 5.41) is 23.6. The number of hydrogen-bond acceptors (Lipinski definition) is 11. The Bertz CT molecular complexity index is 1440. The molecule has 2 saturated heterocycles. The molecule has 326 valence electrons. The average molecular weight is 828 g/mol. The quantitative estimate of drug-likeness (QED) is 0.161. The van der Waals surface area contributed by atoms with Gasteiger partial charge in [0.1, 0.15) is 24.0 Å². The molecule has 4 rings (SSSR count). The molecule has 0 aromatic rings. The van der Waals surface area contributed by atoms with Crippen molar-refractivity contribution in [3.8, 4) is 0 Å². The minimum atomic E-state index is -2.49. The summed E-state index contributed by atoms with van der Waals surface area (Å²) in [4.78, 5) is 57.7. The maximum Gasteiger partial charge on any atom is 0.329 e. The Kier molecular flexibility index (Phi) is 18.8. The number of piperidine rings is 1. The second-order valence-electron chi connectivity index (χ2n) is 17.1. The van der Waals surface area contributed by atoms with Gasteiger partial charge >= 0.3 is 5.97 Å². The number of halogens is 1. The monoisotopic (exact) mass is 827 g/mol. The molecular formula is C43H70ClNO12. The summed E-state index contributed by atoms with van der Waals surface area (Å²) in [6.07, 6.45) is 5.16. The van der Waals surface area contributed by atoms with Crippen LogP contribution in [0, 0.1) is 29.6 Å². The van der Waals surface area contributed by atoms with Crippen molar-refractivity contribution in [1.29, 1.82) is 0 Å². The van der Waals surface area contributed by atoms with Gasteiger partial charge in [0.25, 0.3) is 11.7 Å². The lowest BCUT2D eigenvalue weighted by Crippen LogP contribution is -2.64. The summed E-state index contributed by atoms with van der Waals surface area (Å²) in [6.45, 7) is 11.3. The van der Waals surface area contributed by atoms with Gasteiger partial charge in [-0.3, -0.25) is 14.4 Å². The van der Waals surface area contributed by atoms with E-state index in [-0.39, 0.29) is 60.4 Å². The summed E-state index contributed by atoms with van der Waals surface area (Å²) in [5.41, 5.74) is 1.71. The number of Topliss-reactive ketones (excluding diaryl/α,β-unsaturated/α-hetero) is 2. The van der Waals surface area contributed by atoms with Gasteiger partial charge in [0, 0.05) is 52.0 Å². The van der Waals surface area contributed by atoms with Crippen molar-refractivity contribution in [2.24, 2.45) is 29.6 Å². The Labute approximate surface area is 344 Å². The maximum atomic E-state index is 14.3. The van der Waals surface area contributed by atoms with Crippen molar-refractivity contribution in [3.63, 3.8) is 0 Å². The van der Waals surface area contributed by atoms with Crippen LogP contribution >= 0.6 is 11.6 Å². The molecule has 0 unspecified atom stereocenters. The number of carbonyl (C=O) groups excluding carboxylic acids is 4. The van der Waals surface area contributed by atoms with Gasteiger partial charge in [-0.2, -0.15) is 0 Å². The highest BCUT2D eigenvalue weighted by molar-refractivity contribution is 6.39. The number of amides is 1. The largest absolute Gasteiger partial charge is 0.456 e. The van der Waals surface area contributed by atoms with Crippen LogP contribution in [-0.2, 0) is 42.9 Å². The van der Waals surface area contributed by atoms with Gasteiger partial charge in [-0.05, 0) is 95.5 Å². The lowest BCUT2D eigenvalue weighted by Gasteiger charge is -2.47. The number of ketones is 2. The van der Waals surface area contributed by atoms with Crippen molar-refractivity contribution in [3.05, 3.63) is 23.3 Å². The molecule has 4 aliphatic rings. The molecule has 1 aliphatic carbocycles. The van der Waals surface area contributed by atoms with Crippen molar-refractivity contribution in [2.45, 2.75) is 166 Å². The van der Waals surface area contributed by atoms with Gasteiger partial charge < -0.3 is 44.3 Å². The van der Waals surface area contributed by atoms with E-state index in [4.69, 9.17) is 35.3 Å². The third-order valence-corrected chi connectivity index (χ3v) is 13.3. The van der Waals surface area contributed by atoms with E-state index in [1.54, 1.807) is 21.0 Å². The number of aliphatic hydroxyl groups excluding tert-OH is 1. The van der Waals surface area contributed by atoms with E-state index in [1.165, 1.54) is 19.1 Å². The van der Waals surface area contributed by atoms with Crippen LogP contribution < -0.4 is 0 Å². The lowest BCUT2D eigenvalue weighted by atomic mass is 9.82. The molecule has 0 aromatic heterocycles. The fourth-order valence-electron chi connectivity index (χ4n) is 9.36. The molecule has 13 nitrogen and oxygen atoms in total. The molecule has 0 radical (unpaired) electrons. The fraction of sp³-hybridized carbons (Fsp3) is 0.814. The number of carbonyl (C=O) groups is 4. The molecule has 4 N–H and O–H groups in total. The first kappa shape index (κ1) is 49.1. The Balaban J connectivity index is 0.00000870. The zero-order valence-corrected chi connectivity index (χ0v) is 36.3. The third kappa shape index (κ3) is 11.7. The van der Waals surface area contributed by atoms with Crippen LogP contribution in [0.3, 0.4) is 0 Å². The number of aliphatic hydroxyl groups is 2. The standard InChI is InChI=1S/C43H68ClNO11.H2O/c1-10-30-18-24(2)17-25(3)19-36(53-8)39-37(54-9)21-27(5)43(51,56-39)40(48)41(49)45-16-12-11-13-32(45)42(50)55-38(28(6)33(46)23-34(30)47)26(4)20-29-14-15-31(44)35(22-29)52-7;/h18,20,25,27-33,35-39,46,51H,10-17,19,21-23H2,1-9H3;1H2/b24-18-,26-20+;/t25-,27+,28+,29-,30+,31-,32-,33-,35+,36-,37-,38+,39+,43+;/m0./s1. The third-order valence-electron chi connectivity index (χ3n) is 12.8. The van der Waals surface area contributed by atoms with Crippen LogP contribution in [0.2, 0.25) is 0 Å². The number of fused-ring (bicyclic) bond motifs is 3. The summed E-state index contributed by atoms with van der Waals surface area (Å²) < 4.78 is 29.9. The van der Waals surface area contributed by atoms with E-state index in [0.29, 0.717) is 44.1 Å². The summed E-state index contributed by atoms with van der Waals surface area (Å²) in [6, 6.07) is -1.12. The zero-order valence-electron chi connectivity index (χ0n) is 35.5. The number of rotatable bonds is 6. The van der Waals surface area contributed by atoms with Crippen molar-refractivity contribution < 1.29 is 58.6 Å². The van der Waals surface area contributed by atoms with E-state index in [0.717, 1.165) is 18.4 Å². The van der Waals surface area contributed by atoms with Gasteiger partial charge in [-0.1, -0.05) is 45.4 Å². The normalized spacial score (nSPS) is 40.8. The number of alkyl halides is 1. The van der Waals surface area contributed by atoms with Crippen LogP contribution in [-0.4, -0.2) is 126 Å². The van der Waals surface area contributed by atoms with E-state index in [1.807, 2.05) is 32.9 Å². The van der Waals surface area contributed by atoms with Gasteiger partial charge in [-0.25, -0.2) is 4.79 Å². The second-order valence-corrected chi connectivity index (χ2v) is 17.7. The van der Waals surface area contributed by atoms with E-state index in [9.17, 15) is 29.4 Å². The molecule has 14 atom stereocenters. The van der Waals surface area contributed by atoms with Crippen molar-refractivity contribution in [1.82, 2.24) is 4.90 Å². The fourth-order valence-corrected chi connectivity index (χ4v) is 9.69. The SMILES string of the molecule is CC[C@@H]1/C=C(/C)C[C@H](C)C[C@H](OC)[C@H]2O[C@@](O)(C(=O)C(=O)N3CCCC[C@H]3C(=O)O[C@H](/C(C)=C/[C@@H]3CC[C@H](Cl)[C@H](OC)C3)[C@H](C)[C@@H](O)CC1=O)[C@H](C)C[C@@H]2OC.O. The van der Waals surface area contributed by atoms with Gasteiger partial charge in [-0.15, -0.1) is 11.6 Å². The molecule has 3 heterocycles. The average Bonchev–Trinajstić information content (AvgIpc) is 3.18.